The molecule has 1 aromatic rings. The van der Waals surface area contributed by atoms with Crippen molar-refractivity contribution in [1.82, 2.24) is 4.90 Å². The summed E-state index contributed by atoms with van der Waals surface area (Å²) in [5.41, 5.74) is 2.53. The number of rotatable bonds is 7. The SMILES string of the molecule is CCCCN1C(=Nc2cc(C)c([N+](=O)[O-])cc2C)SC[C@@H]1C(C)CC. The van der Waals surface area contributed by atoms with Gasteiger partial charge >= 0.3 is 0 Å². The van der Waals surface area contributed by atoms with E-state index in [1.165, 1.54) is 0 Å². The molecule has 2 atom stereocenters. The predicted molar refractivity (Wildman–Crippen MR) is 107 cm³/mol. The minimum atomic E-state index is -0.323. The van der Waals surface area contributed by atoms with Gasteiger partial charge in [-0.2, -0.15) is 0 Å². The van der Waals surface area contributed by atoms with E-state index in [4.69, 9.17) is 4.99 Å². The smallest absolute Gasteiger partial charge is 0.272 e. The molecule has 1 unspecified atom stereocenters. The van der Waals surface area contributed by atoms with Crippen LogP contribution in [0.3, 0.4) is 0 Å². The second-order valence-electron chi connectivity index (χ2n) is 6.89. The van der Waals surface area contributed by atoms with Crippen LogP contribution in [0.2, 0.25) is 0 Å². The van der Waals surface area contributed by atoms with Crippen molar-refractivity contribution < 1.29 is 4.92 Å². The number of aliphatic imine (C=N–C) groups is 1. The molecule has 0 amide bonds. The fraction of sp³-hybridized carbons (Fsp3) is 0.632. The highest BCUT2D eigenvalue weighted by atomic mass is 32.2. The van der Waals surface area contributed by atoms with E-state index in [0.717, 1.165) is 48.0 Å². The topological polar surface area (TPSA) is 58.7 Å². The van der Waals surface area contributed by atoms with Crippen LogP contribution >= 0.6 is 11.8 Å². The Morgan fingerprint density at radius 1 is 1.36 bits per heavy atom. The average Bonchev–Trinajstić information content (AvgIpc) is 2.97. The van der Waals surface area contributed by atoms with Crippen molar-refractivity contribution in [2.45, 2.75) is 59.9 Å². The number of benzene rings is 1. The number of hydrogen-bond acceptors (Lipinski definition) is 4. The highest BCUT2D eigenvalue weighted by Gasteiger charge is 2.33. The zero-order valence-corrected chi connectivity index (χ0v) is 16.7. The molecule has 1 aliphatic rings. The molecule has 1 aliphatic heterocycles. The summed E-state index contributed by atoms with van der Waals surface area (Å²) >= 11 is 1.81. The molecule has 0 saturated carbocycles. The number of hydrogen-bond donors (Lipinski definition) is 0. The second kappa shape index (κ2) is 8.70. The standard InChI is InChI=1S/C19H29N3O2S/c1-6-8-9-21-18(13(3)7-2)12-25-19(21)20-16-10-15(5)17(22(23)24)11-14(16)4/h10-11,13,18H,6-9,12H2,1-5H3/t13?,18-/m1/s1. The number of nitrogens with zero attached hydrogens (tertiary/aromatic N) is 3. The molecule has 0 aliphatic carbocycles. The predicted octanol–water partition coefficient (Wildman–Crippen LogP) is 5.46. The Morgan fingerprint density at radius 2 is 2.08 bits per heavy atom. The number of unbranched alkanes of at least 4 members (excludes halogenated alkanes) is 1. The second-order valence-corrected chi connectivity index (χ2v) is 7.87. The average molecular weight is 364 g/mol. The summed E-state index contributed by atoms with van der Waals surface area (Å²) in [7, 11) is 0. The lowest BCUT2D eigenvalue weighted by Crippen LogP contribution is -2.38. The van der Waals surface area contributed by atoms with Gasteiger partial charge < -0.3 is 4.90 Å². The number of nitro benzene ring substituents is 1. The molecule has 0 radical (unpaired) electrons. The van der Waals surface area contributed by atoms with Crippen molar-refractivity contribution in [3.63, 3.8) is 0 Å². The first kappa shape index (κ1) is 19.8. The van der Waals surface area contributed by atoms with E-state index in [1.54, 1.807) is 13.0 Å². The van der Waals surface area contributed by atoms with Crippen molar-refractivity contribution >= 4 is 28.3 Å². The Morgan fingerprint density at radius 3 is 2.68 bits per heavy atom. The summed E-state index contributed by atoms with van der Waals surface area (Å²) in [6.07, 6.45) is 3.49. The molecule has 1 heterocycles. The lowest BCUT2D eigenvalue weighted by molar-refractivity contribution is -0.385. The number of nitro groups is 1. The van der Waals surface area contributed by atoms with E-state index >= 15 is 0 Å². The van der Waals surface area contributed by atoms with Gasteiger partial charge in [0, 0.05) is 30.0 Å². The summed E-state index contributed by atoms with van der Waals surface area (Å²) < 4.78 is 0. The molecule has 1 aromatic carbocycles. The van der Waals surface area contributed by atoms with Crippen molar-refractivity contribution in [1.29, 1.82) is 0 Å². The molecule has 2 rings (SSSR count). The van der Waals surface area contributed by atoms with E-state index in [0.29, 0.717) is 17.5 Å². The van der Waals surface area contributed by atoms with Crippen LogP contribution in [0.1, 0.15) is 51.2 Å². The Labute approximate surface area is 155 Å². The van der Waals surface area contributed by atoms with Crippen LogP contribution in [0.25, 0.3) is 0 Å². The van der Waals surface area contributed by atoms with Crippen LogP contribution < -0.4 is 0 Å². The third kappa shape index (κ3) is 4.54. The highest BCUT2D eigenvalue weighted by Crippen LogP contribution is 2.34. The van der Waals surface area contributed by atoms with Gasteiger partial charge in [0.25, 0.3) is 5.69 Å². The Bertz CT molecular complexity index is 660. The van der Waals surface area contributed by atoms with E-state index in [9.17, 15) is 10.1 Å². The van der Waals surface area contributed by atoms with Crippen molar-refractivity contribution in [2.24, 2.45) is 10.9 Å². The molecule has 0 N–H and O–H groups in total. The third-order valence-electron chi connectivity index (χ3n) is 5.01. The lowest BCUT2D eigenvalue weighted by Gasteiger charge is -2.30. The minimum Gasteiger partial charge on any atom is -0.347 e. The Kier molecular flexibility index (Phi) is 6.87. The summed E-state index contributed by atoms with van der Waals surface area (Å²) in [6, 6.07) is 4.01. The van der Waals surface area contributed by atoms with Gasteiger partial charge in [-0.1, -0.05) is 45.4 Å². The van der Waals surface area contributed by atoms with Gasteiger partial charge in [0.05, 0.1) is 10.6 Å². The Balaban J connectivity index is 2.35. The zero-order valence-electron chi connectivity index (χ0n) is 15.9. The fourth-order valence-electron chi connectivity index (χ4n) is 3.11. The van der Waals surface area contributed by atoms with Gasteiger partial charge in [-0.05, 0) is 37.8 Å². The van der Waals surface area contributed by atoms with Crippen molar-refractivity contribution in [2.75, 3.05) is 12.3 Å². The van der Waals surface area contributed by atoms with Gasteiger partial charge in [0.2, 0.25) is 0 Å². The van der Waals surface area contributed by atoms with Crippen LogP contribution in [-0.4, -0.2) is 33.3 Å². The highest BCUT2D eigenvalue weighted by molar-refractivity contribution is 8.14. The summed E-state index contributed by atoms with van der Waals surface area (Å²) in [5, 5.41) is 12.2. The van der Waals surface area contributed by atoms with E-state index in [2.05, 4.69) is 25.7 Å². The summed E-state index contributed by atoms with van der Waals surface area (Å²) in [6.45, 7) is 11.5. The molecule has 25 heavy (non-hydrogen) atoms. The number of thioether (sulfide) groups is 1. The molecule has 1 fully saturated rings. The normalized spacial score (nSPS) is 20.3. The molecule has 138 valence electrons. The fourth-order valence-corrected chi connectivity index (χ4v) is 4.49. The maximum absolute atomic E-state index is 11.1. The van der Waals surface area contributed by atoms with Gasteiger partial charge in [-0.3, -0.25) is 10.1 Å². The van der Waals surface area contributed by atoms with Crippen molar-refractivity contribution in [3.8, 4) is 0 Å². The van der Waals surface area contributed by atoms with Gasteiger partial charge in [0.1, 0.15) is 0 Å². The first-order valence-corrected chi connectivity index (χ1v) is 10.1. The number of aryl methyl sites for hydroxylation is 2. The van der Waals surface area contributed by atoms with Crippen molar-refractivity contribution in [3.05, 3.63) is 33.4 Å². The molecule has 0 spiro atoms. The van der Waals surface area contributed by atoms with E-state index < -0.39 is 0 Å². The quantitative estimate of drug-likeness (QED) is 0.476. The maximum atomic E-state index is 11.1. The molecule has 5 nitrogen and oxygen atoms in total. The van der Waals surface area contributed by atoms with Crippen LogP contribution in [0, 0.1) is 29.9 Å². The van der Waals surface area contributed by atoms with Gasteiger partial charge in [-0.15, -0.1) is 0 Å². The van der Waals surface area contributed by atoms with Crippen LogP contribution in [0.5, 0.6) is 0 Å². The molecule has 0 bridgehead atoms. The van der Waals surface area contributed by atoms with Crippen LogP contribution in [-0.2, 0) is 0 Å². The van der Waals surface area contributed by atoms with E-state index in [-0.39, 0.29) is 10.6 Å². The van der Waals surface area contributed by atoms with Crippen LogP contribution in [0.15, 0.2) is 17.1 Å². The maximum Gasteiger partial charge on any atom is 0.272 e. The monoisotopic (exact) mass is 363 g/mol. The summed E-state index contributed by atoms with van der Waals surface area (Å²) in [5.74, 6) is 1.71. The van der Waals surface area contributed by atoms with Gasteiger partial charge in [-0.25, -0.2) is 4.99 Å². The van der Waals surface area contributed by atoms with Crippen LogP contribution in [0.4, 0.5) is 11.4 Å². The van der Waals surface area contributed by atoms with Gasteiger partial charge in [0.15, 0.2) is 5.17 Å². The van der Waals surface area contributed by atoms with E-state index in [1.807, 2.05) is 24.8 Å². The molecule has 1 saturated heterocycles. The summed E-state index contributed by atoms with van der Waals surface area (Å²) in [4.78, 5) is 18.1. The largest absolute Gasteiger partial charge is 0.347 e. The molecule has 0 aromatic heterocycles. The molecular formula is C19H29N3O2S. The third-order valence-corrected chi connectivity index (χ3v) is 6.10. The number of amidine groups is 1. The first-order valence-electron chi connectivity index (χ1n) is 9.12. The first-order chi connectivity index (χ1) is 11.9. The zero-order chi connectivity index (χ0) is 18.6. The lowest BCUT2D eigenvalue weighted by atomic mass is 9.99. The Hall–Kier alpha value is -1.56. The molecular weight excluding hydrogens is 334 g/mol. The minimum absolute atomic E-state index is 0.167. The molecule has 6 heteroatoms.